The Kier molecular flexibility index (Phi) is 14.0. The first-order chi connectivity index (χ1) is 14.0. The lowest BCUT2D eigenvalue weighted by Crippen LogP contribution is -2.57. The van der Waals surface area contributed by atoms with E-state index in [1.807, 2.05) is 0 Å². The van der Waals surface area contributed by atoms with Crippen LogP contribution in [0.1, 0.15) is 72.6 Å². The maximum absolute atomic E-state index is 11.5. The minimum Gasteiger partial charge on any atom is -0.481 e. The summed E-state index contributed by atoms with van der Waals surface area (Å²) >= 11 is 0. The molecule has 30 heavy (non-hydrogen) atoms. The summed E-state index contributed by atoms with van der Waals surface area (Å²) in [4.78, 5) is 34.5. The molecule has 0 saturated carbocycles. The molecule has 0 aliphatic carbocycles. The molecule has 0 bridgehead atoms. The van der Waals surface area contributed by atoms with Crippen molar-refractivity contribution in [2.45, 2.75) is 72.6 Å². The van der Waals surface area contributed by atoms with Crippen molar-refractivity contribution in [3.05, 3.63) is 12.2 Å². The molecule has 3 atom stereocenters. The predicted octanol–water partition coefficient (Wildman–Crippen LogP) is 4.27. The zero-order valence-electron chi connectivity index (χ0n) is 19.2. The highest BCUT2D eigenvalue weighted by Crippen LogP contribution is 2.22. The Morgan fingerprint density at radius 1 is 0.700 bits per heavy atom. The van der Waals surface area contributed by atoms with Gasteiger partial charge in [-0.1, -0.05) is 31.9 Å². The number of unbranched alkanes of at least 4 members (excludes halogenated alkanes) is 5. The van der Waals surface area contributed by atoms with Gasteiger partial charge in [0.1, 0.15) is 17.8 Å². The SMILES string of the molecule is CCC/C=C/CCCCCC[N+](CC(C)C(=O)O)(CC(C)C(=O)O)CC(C)C(=O)O. The van der Waals surface area contributed by atoms with Gasteiger partial charge < -0.3 is 19.8 Å². The molecule has 0 aromatic rings. The molecule has 0 aliphatic heterocycles. The lowest BCUT2D eigenvalue weighted by atomic mass is 10.0. The van der Waals surface area contributed by atoms with Gasteiger partial charge in [0.05, 0.1) is 26.2 Å². The Hall–Kier alpha value is -1.89. The number of carboxylic acids is 3. The van der Waals surface area contributed by atoms with Gasteiger partial charge in [0.15, 0.2) is 0 Å². The van der Waals surface area contributed by atoms with Crippen molar-refractivity contribution in [2.24, 2.45) is 17.8 Å². The van der Waals surface area contributed by atoms with Crippen LogP contribution in [0.15, 0.2) is 12.2 Å². The van der Waals surface area contributed by atoms with E-state index in [1.165, 1.54) is 0 Å². The van der Waals surface area contributed by atoms with Gasteiger partial charge in [-0.05, 0) is 52.9 Å². The molecule has 0 aromatic carbocycles. The van der Waals surface area contributed by atoms with Crippen LogP contribution in [0.5, 0.6) is 0 Å². The van der Waals surface area contributed by atoms with Crippen LogP contribution in [0.25, 0.3) is 0 Å². The van der Waals surface area contributed by atoms with Crippen molar-refractivity contribution in [2.75, 3.05) is 26.2 Å². The second kappa shape index (κ2) is 15.0. The highest BCUT2D eigenvalue weighted by atomic mass is 16.4. The smallest absolute Gasteiger partial charge is 0.311 e. The second-order valence-corrected chi connectivity index (χ2v) is 8.79. The minimum atomic E-state index is -0.942. The van der Waals surface area contributed by atoms with E-state index in [9.17, 15) is 29.7 Å². The summed E-state index contributed by atoms with van der Waals surface area (Å²) < 4.78 is 0.213. The van der Waals surface area contributed by atoms with E-state index in [0.717, 1.165) is 44.9 Å². The number of nitrogens with zero attached hydrogens (tertiary/aromatic N) is 1. The Labute approximate surface area is 181 Å². The van der Waals surface area contributed by atoms with E-state index in [-0.39, 0.29) is 24.1 Å². The number of allylic oxidation sites excluding steroid dienone is 2. The van der Waals surface area contributed by atoms with E-state index in [2.05, 4.69) is 19.1 Å². The molecule has 0 aromatic heterocycles. The third-order valence-electron chi connectivity index (χ3n) is 5.62. The fourth-order valence-electron chi connectivity index (χ4n) is 3.94. The van der Waals surface area contributed by atoms with Crippen molar-refractivity contribution in [3.63, 3.8) is 0 Å². The highest BCUT2D eigenvalue weighted by molar-refractivity contribution is 5.70. The summed E-state index contributed by atoms with van der Waals surface area (Å²) in [5.74, 6) is -4.84. The van der Waals surface area contributed by atoms with Crippen LogP contribution < -0.4 is 0 Å². The van der Waals surface area contributed by atoms with Gasteiger partial charge in [0.25, 0.3) is 0 Å². The van der Waals surface area contributed by atoms with E-state index >= 15 is 0 Å². The van der Waals surface area contributed by atoms with Crippen LogP contribution in [0.3, 0.4) is 0 Å². The summed E-state index contributed by atoms with van der Waals surface area (Å²) in [7, 11) is 0. The maximum Gasteiger partial charge on any atom is 0.311 e. The Morgan fingerprint density at radius 3 is 1.50 bits per heavy atom. The lowest BCUT2D eigenvalue weighted by molar-refractivity contribution is -0.934. The van der Waals surface area contributed by atoms with Crippen LogP contribution in [0.2, 0.25) is 0 Å². The second-order valence-electron chi connectivity index (χ2n) is 8.79. The molecule has 7 heteroatoms. The first kappa shape index (κ1) is 28.1. The molecule has 0 rings (SSSR count). The topological polar surface area (TPSA) is 112 Å². The fourth-order valence-corrected chi connectivity index (χ4v) is 3.94. The summed E-state index contributed by atoms with van der Waals surface area (Å²) in [6, 6.07) is 0. The molecule has 0 amide bonds. The molecule has 0 spiro atoms. The zero-order valence-corrected chi connectivity index (χ0v) is 19.2. The minimum absolute atomic E-state index is 0.213. The van der Waals surface area contributed by atoms with Crippen LogP contribution in [0.4, 0.5) is 0 Å². The van der Waals surface area contributed by atoms with Gasteiger partial charge in [-0.15, -0.1) is 0 Å². The van der Waals surface area contributed by atoms with Crippen molar-refractivity contribution >= 4 is 17.9 Å². The third-order valence-corrected chi connectivity index (χ3v) is 5.62. The van der Waals surface area contributed by atoms with Crippen molar-refractivity contribution in [1.29, 1.82) is 0 Å². The summed E-state index contributed by atoms with van der Waals surface area (Å²) in [6.07, 6.45) is 11.6. The number of quaternary nitrogens is 1. The van der Waals surface area contributed by atoms with Crippen molar-refractivity contribution in [3.8, 4) is 0 Å². The summed E-state index contributed by atoms with van der Waals surface area (Å²) in [5, 5.41) is 28.2. The van der Waals surface area contributed by atoms with Gasteiger partial charge in [-0.3, -0.25) is 14.4 Å². The zero-order chi connectivity index (χ0) is 23.2. The Morgan fingerprint density at radius 2 is 1.10 bits per heavy atom. The number of rotatable bonds is 18. The van der Waals surface area contributed by atoms with Crippen LogP contribution in [0, 0.1) is 17.8 Å². The van der Waals surface area contributed by atoms with E-state index < -0.39 is 35.7 Å². The highest BCUT2D eigenvalue weighted by Gasteiger charge is 2.38. The van der Waals surface area contributed by atoms with Crippen molar-refractivity contribution in [1.82, 2.24) is 0 Å². The van der Waals surface area contributed by atoms with Gasteiger partial charge in [-0.2, -0.15) is 0 Å². The third kappa shape index (κ3) is 12.0. The molecule has 3 N–H and O–H groups in total. The molecular formula is C23H42NO6+. The molecule has 174 valence electrons. The number of carbonyl (C=O) groups is 3. The molecule has 0 aliphatic rings. The first-order valence-electron chi connectivity index (χ1n) is 11.2. The molecule has 7 nitrogen and oxygen atoms in total. The van der Waals surface area contributed by atoms with Gasteiger partial charge in [0.2, 0.25) is 0 Å². The maximum atomic E-state index is 11.5. The van der Waals surface area contributed by atoms with E-state index in [0.29, 0.717) is 6.54 Å². The normalized spacial score (nSPS) is 16.7. The van der Waals surface area contributed by atoms with Gasteiger partial charge in [0, 0.05) is 0 Å². The van der Waals surface area contributed by atoms with Crippen LogP contribution in [-0.2, 0) is 14.4 Å². The Balaban J connectivity index is 5.16. The molecule has 0 heterocycles. The molecule has 0 saturated heterocycles. The fraction of sp³-hybridized carbons (Fsp3) is 0.783. The quantitative estimate of drug-likeness (QED) is 0.171. The van der Waals surface area contributed by atoms with E-state index in [1.54, 1.807) is 20.8 Å². The lowest BCUT2D eigenvalue weighted by Gasteiger charge is -2.42. The molecule has 0 radical (unpaired) electrons. The van der Waals surface area contributed by atoms with E-state index in [4.69, 9.17) is 0 Å². The summed E-state index contributed by atoms with van der Waals surface area (Å²) in [5.41, 5.74) is 0. The van der Waals surface area contributed by atoms with Crippen LogP contribution >= 0.6 is 0 Å². The largest absolute Gasteiger partial charge is 0.481 e. The average Bonchev–Trinajstić information content (AvgIpc) is 2.66. The number of carboxylic acid groups (broad SMARTS) is 3. The van der Waals surface area contributed by atoms with Gasteiger partial charge in [-0.25, -0.2) is 0 Å². The Bertz CT molecular complexity index is 505. The monoisotopic (exact) mass is 428 g/mol. The average molecular weight is 429 g/mol. The molecule has 0 fully saturated rings. The predicted molar refractivity (Wildman–Crippen MR) is 117 cm³/mol. The first-order valence-corrected chi connectivity index (χ1v) is 11.2. The number of aliphatic carboxylic acids is 3. The number of hydrogen-bond acceptors (Lipinski definition) is 3. The standard InChI is InChI=1S/C23H41NO6/c1-5-6-7-8-9-10-11-12-13-14-24(15-18(2)21(25)26,16-19(3)22(27)28)17-20(4)23(29)30/h7-8,18-20H,5-6,9-17H2,1-4H3,(H2-,25,26,27,28,29,30)/p+1/b8-7+. The van der Waals surface area contributed by atoms with Gasteiger partial charge >= 0.3 is 17.9 Å². The van der Waals surface area contributed by atoms with Crippen LogP contribution in [-0.4, -0.2) is 63.9 Å². The van der Waals surface area contributed by atoms with Crippen molar-refractivity contribution < 1.29 is 34.2 Å². The summed E-state index contributed by atoms with van der Waals surface area (Å²) in [6.45, 7) is 8.28. The molecular weight excluding hydrogens is 386 g/mol. The molecule has 3 unspecified atom stereocenters. The number of hydrogen-bond donors (Lipinski definition) is 3.